The van der Waals surface area contributed by atoms with Crippen molar-refractivity contribution in [1.82, 2.24) is 0 Å². The average molecular weight is 298 g/mol. The van der Waals surface area contributed by atoms with Crippen LogP contribution in [0, 0.1) is 0 Å². The summed E-state index contributed by atoms with van der Waals surface area (Å²) in [6.07, 6.45) is 0. The summed E-state index contributed by atoms with van der Waals surface area (Å²) >= 11 is 0. The summed E-state index contributed by atoms with van der Waals surface area (Å²) in [5.74, 6) is 0.559. The molecule has 0 spiro atoms. The van der Waals surface area contributed by atoms with E-state index in [1.807, 2.05) is 0 Å². The van der Waals surface area contributed by atoms with Crippen molar-refractivity contribution in [2.45, 2.75) is 0 Å². The molecule has 0 saturated heterocycles. The maximum Gasteiger partial charge on any atom is 0.234 e. The van der Waals surface area contributed by atoms with Gasteiger partial charge in [0.2, 0.25) is 10.9 Å². The monoisotopic (exact) mass is 298 g/mol. The zero-order valence-corrected chi connectivity index (χ0v) is 11.3. The first-order valence-corrected chi connectivity index (χ1v) is 6.60. The van der Waals surface area contributed by atoms with Gasteiger partial charge < -0.3 is 19.7 Å². The van der Waals surface area contributed by atoms with Crippen molar-refractivity contribution in [2.75, 3.05) is 13.6 Å². The average Bonchev–Trinajstić information content (AvgIpc) is 2.95. The second kappa shape index (κ2) is 4.40. The van der Waals surface area contributed by atoms with E-state index in [4.69, 9.17) is 19.7 Å². The molecule has 6 nitrogen and oxygen atoms in total. The number of aliphatic hydroxyl groups is 2. The van der Waals surface area contributed by atoms with Crippen molar-refractivity contribution in [3.63, 3.8) is 0 Å². The molecule has 0 aliphatic rings. The van der Waals surface area contributed by atoms with Gasteiger partial charge in [-0.05, 0) is 24.3 Å². The van der Waals surface area contributed by atoms with Crippen LogP contribution in [-0.2, 0) is 0 Å². The number of aliphatic hydroxyl groups excluding tert-OH is 2. The maximum atomic E-state index is 12.0. The molecule has 0 unspecified atom stereocenters. The number of benzene rings is 2. The summed E-state index contributed by atoms with van der Waals surface area (Å²) in [6, 6.07) is 6.45. The van der Waals surface area contributed by atoms with Crippen LogP contribution in [-0.4, -0.2) is 23.8 Å². The molecule has 4 aromatic rings. The van der Waals surface area contributed by atoms with Crippen LogP contribution in [0.15, 0.2) is 33.9 Å². The summed E-state index contributed by atoms with van der Waals surface area (Å²) < 4.78 is 10.4. The Bertz CT molecular complexity index is 1000. The molecule has 2 N–H and O–H groups in total. The van der Waals surface area contributed by atoms with Gasteiger partial charge in [-0.2, -0.15) is 0 Å². The third-order valence-electron chi connectivity index (χ3n) is 3.97. The third-order valence-corrected chi connectivity index (χ3v) is 3.97. The zero-order valence-electron chi connectivity index (χ0n) is 11.3. The van der Waals surface area contributed by atoms with Crippen LogP contribution in [0.3, 0.4) is 0 Å². The van der Waals surface area contributed by atoms with E-state index in [2.05, 4.69) is 0 Å². The van der Waals surface area contributed by atoms with Crippen LogP contribution in [0.25, 0.3) is 32.3 Å². The largest absolute Gasteiger partial charge is 0.463 e. The smallest absolute Gasteiger partial charge is 0.234 e. The lowest BCUT2D eigenvalue weighted by molar-refractivity contribution is 0.0772. The van der Waals surface area contributed by atoms with Gasteiger partial charge in [-0.25, -0.2) is 0 Å². The first-order valence-electron chi connectivity index (χ1n) is 6.60. The second-order valence-corrected chi connectivity index (χ2v) is 4.93. The number of ether oxygens (including phenoxy) is 2. The highest BCUT2D eigenvalue weighted by molar-refractivity contribution is 6.28. The van der Waals surface area contributed by atoms with Crippen molar-refractivity contribution in [3.05, 3.63) is 44.7 Å². The van der Waals surface area contributed by atoms with Crippen molar-refractivity contribution < 1.29 is 19.7 Å². The van der Waals surface area contributed by atoms with Gasteiger partial charge >= 0.3 is 0 Å². The summed E-state index contributed by atoms with van der Waals surface area (Å²) in [6.45, 7) is -1.12. The Morgan fingerprint density at radius 1 is 0.682 bits per heavy atom. The van der Waals surface area contributed by atoms with Crippen LogP contribution >= 0.6 is 0 Å². The summed E-state index contributed by atoms with van der Waals surface area (Å²) in [7, 11) is 0. The van der Waals surface area contributed by atoms with Gasteiger partial charge in [0.1, 0.15) is 0 Å². The van der Waals surface area contributed by atoms with Crippen LogP contribution in [0.2, 0.25) is 0 Å². The minimum atomic E-state index is -0.560. The molecule has 0 aromatic heterocycles. The molecule has 4 aromatic carbocycles. The van der Waals surface area contributed by atoms with E-state index in [0.717, 1.165) is 0 Å². The summed E-state index contributed by atoms with van der Waals surface area (Å²) in [5.41, 5.74) is -1.06. The van der Waals surface area contributed by atoms with Gasteiger partial charge in [-0.3, -0.25) is 9.59 Å². The standard InChI is InChI=1S/C16H10O6/c17-5-21-15-9-3-1-7-11-8(14(20)13(7)19)2-4-10(12(9)11)16(15)22-6-18/h1-4,17-18H,5-6H2. The third kappa shape index (κ3) is 1.40. The van der Waals surface area contributed by atoms with E-state index in [9.17, 15) is 9.59 Å². The Kier molecular flexibility index (Phi) is 2.60. The van der Waals surface area contributed by atoms with E-state index < -0.39 is 24.4 Å². The molecule has 0 heterocycles. The van der Waals surface area contributed by atoms with Crippen LogP contribution < -0.4 is 20.3 Å². The molecule has 0 radical (unpaired) electrons. The molecule has 0 aliphatic heterocycles. The fourth-order valence-electron chi connectivity index (χ4n) is 3.16. The number of hydrogen-bond donors (Lipinski definition) is 2. The van der Waals surface area contributed by atoms with E-state index in [0.29, 0.717) is 32.3 Å². The minimum absolute atomic E-state index is 0.280. The van der Waals surface area contributed by atoms with Crippen molar-refractivity contribution >= 4 is 32.3 Å². The number of hydrogen-bond acceptors (Lipinski definition) is 6. The number of rotatable bonds is 4. The molecule has 0 saturated carbocycles. The van der Waals surface area contributed by atoms with Gasteiger partial charge in [-0.15, -0.1) is 0 Å². The Balaban J connectivity index is 2.29. The van der Waals surface area contributed by atoms with Crippen LogP contribution in [0.4, 0.5) is 0 Å². The lowest BCUT2D eigenvalue weighted by Crippen LogP contribution is -2.16. The van der Waals surface area contributed by atoms with E-state index >= 15 is 0 Å². The van der Waals surface area contributed by atoms with Crippen molar-refractivity contribution in [3.8, 4) is 11.5 Å². The zero-order chi connectivity index (χ0) is 15.4. The molecular weight excluding hydrogens is 288 g/mol. The molecule has 6 heteroatoms. The lowest BCUT2D eigenvalue weighted by Gasteiger charge is -2.06. The quantitative estimate of drug-likeness (QED) is 0.428. The van der Waals surface area contributed by atoms with E-state index in [1.54, 1.807) is 24.3 Å². The van der Waals surface area contributed by atoms with E-state index in [1.165, 1.54) is 0 Å². The van der Waals surface area contributed by atoms with Gasteiger partial charge in [0.25, 0.3) is 0 Å². The Morgan fingerprint density at radius 3 is 1.45 bits per heavy atom. The maximum absolute atomic E-state index is 12.0. The van der Waals surface area contributed by atoms with Gasteiger partial charge in [0.05, 0.1) is 0 Å². The van der Waals surface area contributed by atoms with Crippen LogP contribution in [0.1, 0.15) is 0 Å². The Hall–Kier alpha value is -2.70. The predicted octanol–water partition coefficient (Wildman–Crippen LogP) is 0.837. The molecule has 0 aliphatic carbocycles. The molecule has 4 rings (SSSR count). The molecule has 22 heavy (non-hydrogen) atoms. The molecule has 110 valence electrons. The molecule has 0 amide bonds. The topological polar surface area (TPSA) is 93.1 Å². The fourth-order valence-corrected chi connectivity index (χ4v) is 3.16. The second-order valence-electron chi connectivity index (χ2n) is 4.93. The molecule has 0 atom stereocenters. The Morgan fingerprint density at radius 2 is 1.05 bits per heavy atom. The van der Waals surface area contributed by atoms with Crippen molar-refractivity contribution in [1.29, 1.82) is 0 Å². The summed E-state index contributed by atoms with van der Waals surface area (Å²) in [4.78, 5) is 24.1. The van der Waals surface area contributed by atoms with Crippen molar-refractivity contribution in [2.24, 2.45) is 0 Å². The molecule has 0 fully saturated rings. The SMILES string of the molecule is O=c1c(=O)c2ccc3c(OCO)c(OCO)c4ccc1c2c43. The Labute approximate surface area is 122 Å². The highest BCUT2D eigenvalue weighted by Gasteiger charge is 2.24. The lowest BCUT2D eigenvalue weighted by atomic mass is 10.0. The minimum Gasteiger partial charge on any atom is -0.463 e. The highest BCUT2D eigenvalue weighted by Crippen LogP contribution is 2.48. The van der Waals surface area contributed by atoms with Gasteiger partial charge in [0.15, 0.2) is 25.1 Å². The predicted molar refractivity (Wildman–Crippen MR) is 80.5 cm³/mol. The summed E-state index contributed by atoms with van der Waals surface area (Å²) in [5, 5.41) is 21.3. The molecule has 0 bridgehead atoms. The fraction of sp³-hybridized carbons (Fsp3) is 0.125. The normalized spacial score (nSPS) is 11.9. The molecular formula is C16H10O6. The first kappa shape index (κ1) is 13.0. The van der Waals surface area contributed by atoms with Crippen LogP contribution in [0.5, 0.6) is 11.5 Å². The van der Waals surface area contributed by atoms with E-state index in [-0.39, 0.29) is 11.5 Å². The van der Waals surface area contributed by atoms with Gasteiger partial charge in [0, 0.05) is 32.3 Å². The highest BCUT2D eigenvalue weighted by atomic mass is 16.6. The first-order chi connectivity index (χ1) is 10.7. The van der Waals surface area contributed by atoms with Gasteiger partial charge in [-0.1, -0.05) is 0 Å².